The highest BCUT2D eigenvalue weighted by Crippen LogP contribution is 2.15. The van der Waals surface area contributed by atoms with Crippen molar-refractivity contribution in [2.45, 2.75) is 39.6 Å². The van der Waals surface area contributed by atoms with Crippen LogP contribution in [0, 0.1) is 0 Å². The van der Waals surface area contributed by atoms with Gasteiger partial charge in [-0.2, -0.15) is 0 Å². The van der Waals surface area contributed by atoms with E-state index in [1.807, 2.05) is 27.8 Å². The summed E-state index contributed by atoms with van der Waals surface area (Å²) in [5, 5.41) is 9.23. The van der Waals surface area contributed by atoms with Crippen LogP contribution in [0.5, 0.6) is 0 Å². The third-order valence-corrected chi connectivity index (χ3v) is 1.91. The van der Waals surface area contributed by atoms with Gasteiger partial charge in [0.15, 0.2) is 0 Å². The molecule has 68 valence electrons. The van der Waals surface area contributed by atoms with Gasteiger partial charge in [0.05, 0.1) is 0 Å². The SMILES string of the molecule is CCOC(C)(C)N(C)C(C)O. The summed E-state index contributed by atoms with van der Waals surface area (Å²) < 4.78 is 5.42. The average molecular weight is 161 g/mol. The lowest BCUT2D eigenvalue weighted by atomic mass is 10.2. The molecular weight excluding hydrogens is 142 g/mol. The highest BCUT2D eigenvalue weighted by atomic mass is 16.5. The van der Waals surface area contributed by atoms with Crippen LogP contribution in [-0.2, 0) is 4.74 Å². The van der Waals surface area contributed by atoms with Gasteiger partial charge in [0.25, 0.3) is 0 Å². The second-order valence-corrected chi connectivity index (χ2v) is 3.12. The van der Waals surface area contributed by atoms with Crippen LogP contribution in [0.15, 0.2) is 0 Å². The maximum atomic E-state index is 9.23. The van der Waals surface area contributed by atoms with E-state index in [1.54, 1.807) is 11.8 Å². The van der Waals surface area contributed by atoms with E-state index in [2.05, 4.69) is 0 Å². The predicted molar refractivity (Wildman–Crippen MR) is 45.1 cm³/mol. The second kappa shape index (κ2) is 4.04. The van der Waals surface area contributed by atoms with E-state index in [-0.39, 0.29) is 5.72 Å². The molecule has 0 fully saturated rings. The van der Waals surface area contributed by atoms with Gasteiger partial charge in [-0.15, -0.1) is 0 Å². The summed E-state index contributed by atoms with van der Waals surface area (Å²) in [6.07, 6.45) is -0.475. The van der Waals surface area contributed by atoms with Crippen molar-refractivity contribution in [1.82, 2.24) is 4.90 Å². The minimum Gasteiger partial charge on any atom is -0.379 e. The highest BCUT2D eigenvalue weighted by Gasteiger charge is 2.26. The van der Waals surface area contributed by atoms with E-state index in [0.29, 0.717) is 6.61 Å². The van der Waals surface area contributed by atoms with Crippen LogP contribution in [0.4, 0.5) is 0 Å². The molecule has 3 heteroatoms. The Morgan fingerprint density at radius 3 is 2.27 bits per heavy atom. The Labute approximate surface area is 69.0 Å². The first-order chi connectivity index (χ1) is 4.91. The molecule has 0 rings (SSSR count). The van der Waals surface area contributed by atoms with Gasteiger partial charge < -0.3 is 9.84 Å². The molecule has 0 aromatic rings. The number of nitrogens with zero attached hydrogens (tertiary/aromatic N) is 1. The fourth-order valence-corrected chi connectivity index (χ4v) is 0.905. The van der Waals surface area contributed by atoms with Crippen molar-refractivity contribution in [1.29, 1.82) is 0 Å². The largest absolute Gasteiger partial charge is 0.379 e. The van der Waals surface area contributed by atoms with Crippen LogP contribution >= 0.6 is 0 Å². The van der Waals surface area contributed by atoms with Crippen molar-refractivity contribution >= 4 is 0 Å². The minimum absolute atomic E-state index is 0.386. The molecule has 0 aromatic heterocycles. The Morgan fingerprint density at radius 2 is 2.00 bits per heavy atom. The van der Waals surface area contributed by atoms with Gasteiger partial charge in [0, 0.05) is 6.61 Å². The van der Waals surface area contributed by atoms with Crippen molar-refractivity contribution in [3.05, 3.63) is 0 Å². The zero-order valence-electron chi connectivity index (χ0n) is 8.09. The molecule has 0 aromatic carbocycles. The first kappa shape index (κ1) is 10.9. The fourth-order valence-electron chi connectivity index (χ4n) is 0.905. The Hall–Kier alpha value is -0.120. The molecule has 0 bridgehead atoms. The molecule has 0 radical (unpaired) electrons. The number of aliphatic hydroxyl groups is 1. The summed E-state index contributed by atoms with van der Waals surface area (Å²) in [7, 11) is 1.83. The van der Waals surface area contributed by atoms with E-state index in [0.717, 1.165) is 0 Å². The summed E-state index contributed by atoms with van der Waals surface area (Å²) >= 11 is 0. The van der Waals surface area contributed by atoms with Gasteiger partial charge in [-0.3, -0.25) is 4.90 Å². The normalized spacial score (nSPS) is 15.5. The van der Waals surface area contributed by atoms with Crippen LogP contribution < -0.4 is 0 Å². The Morgan fingerprint density at radius 1 is 1.55 bits per heavy atom. The lowest BCUT2D eigenvalue weighted by Crippen LogP contribution is -2.48. The Bertz CT molecular complexity index is 113. The molecule has 0 aliphatic heterocycles. The zero-order valence-corrected chi connectivity index (χ0v) is 8.09. The standard InChI is InChI=1S/C8H19NO2/c1-6-11-8(3,4)9(5)7(2)10/h7,10H,6H2,1-5H3. The van der Waals surface area contributed by atoms with E-state index in [1.165, 1.54) is 0 Å². The van der Waals surface area contributed by atoms with Gasteiger partial charge in [0.2, 0.25) is 0 Å². The van der Waals surface area contributed by atoms with Crippen LogP contribution in [0.2, 0.25) is 0 Å². The van der Waals surface area contributed by atoms with Crippen molar-refractivity contribution in [3.63, 3.8) is 0 Å². The summed E-state index contributed by atoms with van der Waals surface area (Å²) in [5.74, 6) is 0. The molecule has 0 saturated heterocycles. The Kier molecular flexibility index (Phi) is 4.00. The smallest absolute Gasteiger partial charge is 0.117 e. The topological polar surface area (TPSA) is 32.7 Å². The Balaban J connectivity index is 4.05. The van der Waals surface area contributed by atoms with Gasteiger partial charge in [0.1, 0.15) is 12.0 Å². The number of ether oxygens (including phenoxy) is 1. The third kappa shape index (κ3) is 3.18. The van der Waals surface area contributed by atoms with Crippen LogP contribution in [0.25, 0.3) is 0 Å². The molecule has 0 saturated carbocycles. The van der Waals surface area contributed by atoms with Crippen molar-refractivity contribution in [2.24, 2.45) is 0 Å². The molecule has 11 heavy (non-hydrogen) atoms. The first-order valence-corrected chi connectivity index (χ1v) is 3.96. The lowest BCUT2D eigenvalue weighted by Gasteiger charge is -2.36. The molecule has 0 aliphatic rings. The van der Waals surface area contributed by atoms with E-state index in [9.17, 15) is 5.11 Å². The molecule has 1 unspecified atom stereocenters. The number of aliphatic hydroxyl groups excluding tert-OH is 1. The average Bonchev–Trinajstić information content (AvgIpc) is 1.86. The van der Waals surface area contributed by atoms with Gasteiger partial charge in [-0.05, 0) is 34.7 Å². The van der Waals surface area contributed by atoms with Gasteiger partial charge in [-0.1, -0.05) is 0 Å². The summed E-state index contributed by atoms with van der Waals surface area (Å²) in [4.78, 5) is 1.77. The monoisotopic (exact) mass is 161 g/mol. The third-order valence-electron chi connectivity index (χ3n) is 1.91. The molecular formula is C8H19NO2. The van der Waals surface area contributed by atoms with E-state index in [4.69, 9.17) is 4.74 Å². The van der Waals surface area contributed by atoms with Crippen LogP contribution in [0.1, 0.15) is 27.7 Å². The second-order valence-electron chi connectivity index (χ2n) is 3.12. The van der Waals surface area contributed by atoms with Gasteiger partial charge >= 0.3 is 0 Å². The molecule has 0 amide bonds. The van der Waals surface area contributed by atoms with Crippen molar-refractivity contribution < 1.29 is 9.84 Å². The van der Waals surface area contributed by atoms with Crippen LogP contribution in [-0.4, -0.2) is 35.6 Å². The quantitative estimate of drug-likeness (QED) is 0.625. The van der Waals surface area contributed by atoms with Crippen molar-refractivity contribution in [2.75, 3.05) is 13.7 Å². The predicted octanol–water partition coefficient (Wildman–Crippen LogP) is 1.03. The molecule has 0 spiro atoms. The van der Waals surface area contributed by atoms with E-state index >= 15 is 0 Å². The molecule has 0 heterocycles. The number of rotatable bonds is 4. The summed E-state index contributed by atoms with van der Waals surface area (Å²) in [6, 6.07) is 0. The molecule has 1 atom stereocenters. The first-order valence-electron chi connectivity index (χ1n) is 3.96. The summed E-state index contributed by atoms with van der Waals surface area (Å²) in [6.45, 7) is 8.19. The van der Waals surface area contributed by atoms with E-state index < -0.39 is 6.23 Å². The molecule has 3 nitrogen and oxygen atoms in total. The number of hydrogen-bond acceptors (Lipinski definition) is 3. The minimum atomic E-state index is -0.475. The maximum absolute atomic E-state index is 9.23. The number of hydrogen-bond donors (Lipinski definition) is 1. The van der Waals surface area contributed by atoms with Gasteiger partial charge in [-0.25, -0.2) is 0 Å². The fraction of sp³-hybridized carbons (Fsp3) is 1.00. The van der Waals surface area contributed by atoms with Crippen molar-refractivity contribution in [3.8, 4) is 0 Å². The lowest BCUT2D eigenvalue weighted by molar-refractivity contribution is -0.168. The molecule has 0 aliphatic carbocycles. The maximum Gasteiger partial charge on any atom is 0.117 e. The molecule has 1 N–H and O–H groups in total. The highest BCUT2D eigenvalue weighted by molar-refractivity contribution is 4.68. The van der Waals surface area contributed by atoms with Crippen LogP contribution in [0.3, 0.4) is 0 Å². The zero-order chi connectivity index (χ0) is 9.07. The summed E-state index contributed by atoms with van der Waals surface area (Å²) in [5.41, 5.74) is -0.386.